The number of benzene rings is 1. The lowest BCUT2D eigenvalue weighted by molar-refractivity contribution is -0.131. The summed E-state index contributed by atoms with van der Waals surface area (Å²) in [6.45, 7) is 4.53. The zero-order valence-electron chi connectivity index (χ0n) is 13.6. The molecular weight excluding hydrogens is 272 g/mol. The summed E-state index contributed by atoms with van der Waals surface area (Å²) in [5.41, 5.74) is 2.74. The van der Waals surface area contributed by atoms with Gasteiger partial charge in [-0.05, 0) is 72.6 Å². The Labute approximate surface area is 132 Å². The number of carbonyl (C=O) groups is 1. The molecule has 1 N–H and O–H groups in total. The van der Waals surface area contributed by atoms with E-state index in [-0.39, 0.29) is 5.41 Å². The molecule has 0 unspecified atom stereocenters. The standard InChI is InChI=1S/C20H26O2/c1-3-12-11-20(2)17(8-9-18(20)22)16-6-4-13-10-14(21)5-7-15(13)19(12)16/h5,7,10,12,16-17,19,21H,3-4,6,8-9,11H2,1-2H3/t12-,16-,17-,19+,20-/m0/s1. The van der Waals surface area contributed by atoms with Crippen molar-refractivity contribution in [1.29, 1.82) is 0 Å². The molecule has 0 bridgehead atoms. The van der Waals surface area contributed by atoms with Crippen LogP contribution in [0.2, 0.25) is 0 Å². The largest absolute Gasteiger partial charge is 0.508 e. The topological polar surface area (TPSA) is 37.3 Å². The number of phenolic OH excluding ortho intramolecular Hbond substituents is 1. The Bertz CT molecular complexity index is 620. The third-order valence-corrected chi connectivity index (χ3v) is 7.07. The molecular formula is C20H26O2. The van der Waals surface area contributed by atoms with Gasteiger partial charge in [0.15, 0.2) is 0 Å². The summed E-state index contributed by atoms with van der Waals surface area (Å²) in [6.07, 6.45) is 6.35. The van der Waals surface area contributed by atoms with Crippen molar-refractivity contribution in [3.05, 3.63) is 29.3 Å². The number of phenols is 1. The van der Waals surface area contributed by atoms with Gasteiger partial charge in [-0.2, -0.15) is 0 Å². The minimum absolute atomic E-state index is 0.0593. The lowest BCUT2D eigenvalue weighted by atomic mass is 9.51. The van der Waals surface area contributed by atoms with Crippen LogP contribution in [0.25, 0.3) is 0 Å². The van der Waals surface area contributed by atoms with E-state index < -0.39 is 0 Å². The summed E-state index contributed by atoms with van der Waals surface area (Å²) in [7, 11) is 0. The second-order valence-electron chi connectivity index (χ2n) is 7.97. The molecule has 0 saturated heterocycles. The number of aromatic hydroxyl groups is 1. The first-order valence-corrected chi connectivity index (χ1v) is 8.89. The minimum Gasteiger partial charge on any atom is -0.508 e. The van der Waals surface area contributed by atoms with Crippen molar-refractivity contribution in [2.24, 2.45) is 23.2 Å². The van der Waals surface area contributed by atoms with E-state index in [1.165, 1.54) is 17.5 Å². The zero-order valence-corrected chi connectivity index (χ0v) is 13.6. The monoisotopic (exact) mass is 298 g/mol. The average Bonchev–Trinajstić information content (AvgIpc) is 2.81. The second-order valence-corrected chi connectivity index (χ2v) is 7.97. The van der Waals surface area contributed by atoms with Gasteiger partial charge >= 0.3 is 0 Å². The van der Waals surface area contributed by atoms with Crippen LogP contribution >= 0.6 is 0 Å². The third kappa shape index (κ3) is 1.82. The molecule has 22 heavy (non-hydrogen) atoms. The molecule has 0 spiro atoms. The fourth-order valence-electron chi connectivity index (χ4n) is 6.04. The minimum atomic E-state index is -0.0593. The van der Waals surface area contributed by atoms with E-state index in [1.807, 2.05) is 12.1 Å². The molecule has 4 rings (SSSR count). The van der Waals surface area contributed by atoms with Crippen LogP contribution in [0, 0.1) is 23.2 Å². The molecule has 1 aromatic carbocycles. The maximum Gasteiger partial charge on any atom is 0.139 e. The lowest BCUT2D eigenvalue weighted by Gasteiger charge is -2.52. The fraction of sp³-hybridized carbons (Fsp3) is 0.650. The van der Waals surface area contributed by atoms with Crippen molar-refractivity contribution in [2.45, 2.75) is 58.3 Å². The van der Waals surface area contributed by atoms with Gasteiger partial charge in [-0.25, -0.2) is 0 Å². The van der Waals surface area contributed by atoms with E-state index in [0.717, 1.165) is 32.1 Å². The fourth-order valence-corrected chi connectivity index (χ4v) is 6.04. The molecule has 118 valence electrons. The second kappa shape index (κ2) is 4.84. The molecule has 2 saturated carbocycles. The van der Waals surface area contributed by atoms with E-state index in [0.29, 0.717) is 35.2 Å². The summed E-state index contributed by atoms with van der Waals surface area (Å²) in [4.78, 5) is 12.5. The Hall–Kier alpha value is -1.31. The average molecular weight is 298 g/mol. The Morgan fingerprint density at radius 3 is 2.86 bits per heavy atom. The van der Waals surface area contributed by atoms with E-state index in [4.69, 9.17) is 0 Å². The van der Waals surface area contributed by atoms with Gasteiger partial charge in [0.05, 0.1) is 0 Å². The number of fused-ring (bicyclic) bond motifs is 5. The van der Waals surface area contributed by atoms with Gasteiger partial charge in [-0.3, -0.25) is 4.79 Å². The maximum absolute atomic E-state index is 12.5. The predicted octanol–water partition coefficient (Wildman–Crippen LogP) is 4.45. The van der Waals surface area contributed by atoms with Crippen molar-refractivity contribution >= 4 is 5.78 Å². The smallest absolute Gasteiger partial charge is 0.139 e. The lowest BCUT2D eigenvalue weighted by Crippen LogP contribution is -2.46. The molecule has 0 amide bonds. The van der Waals surface area contributed by atoms with Gasteiger partial charge in [0.1, 0.15) is 11.5 Å². The highest BCUT2D eigenvalue weighted by atomic mass is 16.3. The summed E-state index contributed by atoms with van der Waals surface area (Å²) in [6, 6.07) is 5.97. The summed E-state index contributed by atoms with van der Waals surface area (Å²) in [5.74, 6) is 3.35. The summed E-state index contributed by atoms with van der Waals surface area (Å²) in [5, 5.41) is 9.79. The quantitative estimate of drug-likeness (QED) is 0.831. The molecule has 3 aliphatic rings. The normalized spacial score (nSPS) is 40.0. The first-order valence-electron chi connectivity index (χ1n) is 8.89. The molecule has 0 aromatic heterocycles. The molecule has 2 heteroatoms. The Morgan fingerprint density at radius 1 is 1.27 bits per heavy atom. The number of aryl methyl sites for hydroxylation is 1. The molecule has 0 radical (unpaired) electrons. The van der Waals surface area contributed by atoms with Crippen LogP contribution in [0.1, 0.15) is 63.0 Å². The predicted molar refractivity (Wildman–Crippen MR) is 86.9 cm³/mol. The molecule has 5 atom stereocenters. The first kappa shape index (κ1) is 14.3. The summed E-state index contributed by atoms with van der Waals surface area (Å²) >= 11 is 0. The first-order chi connectivity index (χ1) is 10.5. The van der Waals surface area contributed by atoms with Crippen LogP contribution in [0.4, 0.5) is 0 Å². The van der Waals surface area contributed by atoms with Crippen LogP contribution < -0.4 is 0 Å². The van der Waals surface area contributed by atoms with Crippen LogP contribution in [-0.4, -0.2) is 10.9 Å². The van der Waals surface area contributed by atoms with Crippen molar-refractivity contribution in [3.63, 3.8) is 0 Å². The van der Waals surface area contributed by atoms with Crippen LogP contribution in [-0.2, 0) is 11.2 Å². The number of rotatable bonds is 1. The highest BCUT2D eigenvalue weighted by molar-refractivity contribution is 5.87. The van der Waals surface area contributed by atoms with Crippen LogP contribution in [0.3, 0.4) is 0 Å². The van der Waals surface area contributed by atoms with Gasteiger partial charge in [0.25, 0.3) is 0 Å². The number of ketones is 1. The van der Waals surface area contributed by atoms with Crippen molar-refractivity contribution in [1.82, 2.24) is 0 Å². The van der Waals surface area contributed by atoms with Crippen molar-refractivity contribution in [2.75, 3.05) is 0 Å². The number of carbonyl (C=O) groups excluding carboxylic acids is 1. The van der Waals surface area contributed by atoms with Gasteiger partial charge < -0.3 is 5.11 Å². The molecule has 2 nitrogen and oxygen atoms in total. The SMILES string of the molecule is CC[C@H]1C[C@]2(C)C(=O)CC[C@H]2[C@@H]2CCc3cc(O)ccc3[C@@H]12. The zero-order chi connectivity index (χ0) is 15.5. The third-order valence-electron chi connectivity index (χ3n) is 7.07. The van der Waals surface area contributed by atoms with Gasteiger partial charge in [0.2, 0.25) is 0 Å². The highest BCUT2D eigenvalue weighted by Gasteiger charge is 2.57. The summed E-state index contributed by atoms with van der Waals surface area (Å²) < 4.78 is 0. The Balaban J connectivity index is 1.79. The molecule has 1 aromatic rings. The Kier molecular flexibility index (Phi) is 3.15. The molecule has 0 heterocycles. The highest BCUT2D eigenvalue weighted by Crippen LogP contribution is 2.62. The molecule has 2 fully saturated rings. The molecule has 3 aliphatic carbocycles. The van der Waals surface area contributed by atoms with Crippen LogP contribution in [0.15, 0.2) is 18.2 Å². The van der Waals surface area contributed by atoms with Gasteiger partial charge in [-0.1, -0.05) is 26.3 Å². The van der Waals surface area contributed by atoms with E-state index in [2.05, 4.69) is 19.9 Å². The van der Waals surface area contributed by atoms with Crippen molar-refractivity contribution in [3.8, 4) is 5.75 Å². The number of hydrogen-bond donors (Lipinski definition) is 1. The van der Waals surface area contributed by atoms with Crippen LogP contribution in [0.5, 0.6) is 5.75 Å². The number of Topliss-reactive ketones (excluding diaryl/α,β-unsaturated/α-hetero) is 1. The Morgan fingerprint density at radius 2 is 2.09 bits per heavy atom. The van der Waals surface area contributed by atoms with Gasteiger partial charge in [-0.15, -0.1) is 0 Å². The van der Waals surface area contributed by atoms with E-state index >= 15 is 0 Å². The maximum atomic E-state index is 12.5. The molecule has 0 aliphatic heterocycles. The van der Waals surface area contributed by atoms with Gasteiger partial charge in [0, 0.05) is 11.8 Å². The van der Waals surface area contributed by atoms with Crippen molar-refractivity contribution < 1.29 is 9.90 Å². The number of hydrogen-bond acceptors (Lipinski definition) is 2. The van der Waals surface area contributed by atoms with E-state index in [9.17, 15) is 9.90 Å². The van der Waals surface area contributed by atoms with E-state index in [1.54, 1.807) is 0 Å².